The Morgan fingerprint density at radius 3 is 2.73 bits per heavy atom. The second kappa shape index (κ2) is 3.30. The molecule has 2 aliphatic rings. The lowest BCUT2D eigenvalue weighted by atomic mass is 10.0. The second-order valence-electron chi connectivity index (χ2n) is 4.96. The Morgan fingerprint density at radius 2 is 2.20 bits per heavy atom. The maximum atomic E-state index is 5.31. The molecule has 1 heterocycles. The first-order valence-electron chi connectivity index (χ1n) is 5.78. The van der Waals surface area contributed by atoms with Gasteiger partial charge in [0.15, 0.2) is 0 Å². The molecule has 0 amide bonds. The molecule has 2 aliphatic carbocycles. The average molecular weight is 207 g/mol. The number of nitrogens with zero attached hydrogens (tertiary/aromatic N) is 2. The lowest BCUT2D eigenvalue weighted by molar-refractivity contribution is 0.380. The minimum Gasteiger partial charge on any atom is -0.424 e. The number of aromatic nitrogens is 2. The predicted molar refractivity (Wildman–Crippen MR) is 55.1 cm³/mol. The Balaban J connectivity index is 1.47. The fourth-order valence-electron chi connectivity index (χ4n) is 2.41. The Hall–Kier alpha value is -0.900. The molecule has 0 spiro atoms. The van der Waals surface area contributed by atoms with Crippen LogP contribution in [0.1, 0.15) is 37.5 Å². The largest absolute Gasteiger partial charge is 0.424 e. The molecule has 2 saturated carbocycles. The van der Waals surface area contributed by atoms with E-state index in [4.69, 9.17) is 4.42 Å². The maximum absolute atomic E-state index is 5.31. The lowest BCUT2D eigenvalue weighted by Gasteiger charge is -2.13. The van der Waals surface area contributed by atoms with Crippen LogP contribution in [0, 0.1) is 18.3 Å². The minimum atomic E-state index is 0.648. The van der Waals surface area contributed by atoms with Crippen LogP contribution in [0.25, 0.3) is 0 Å². The summed E-state index contributed by atoms with van der Waals surface area (Å²) >= 11 is 0. The van der Waals surface area contributed by atoms with Crippen molar-refractivity contribution in [2.24, 2.45) is 11.3 Å². The molecule has 82 valence electrons. The van der Waals surface area contributed by atoms with E-state index < -0.39 is 0 Å². The first kappa shape index (κ1) is 9.33. The van der Waals surface area contributed by atoms with Crippen LogP contribution < -0.4 is 5.32 Å². The molecule has 0 unspecified atom stereocenters. The fourth-order valence-corrected chi connectivity index (χ4v) is 2.41. The van der Waals surface area contributed by atoms with Crippen molar-refractivity contribution in [3.8, 4) is 0 Å². The SMILES string of the molecule is Cc1nnc(CNCC2(C3CC3)CC2)o1. The summed E-state index contributed by atoms with van der Waals surface area (Å²) in [6, 6.07) is 0. The quantitative estimate of drug-likeness (QED) is 0.797. The topological polar surface area (TPSA) is 51.0 Å². The van der Waals surface area contributed by atoms with Gasteiger partial charge in [-0.25, -0.2) is 0 Å². The molecule has 0 aromatic carbocycles. The van der Waals surface area contributed by atoms with E-state index in [9.17, 15) is 0 Å². The van der Waals surface area contributed by atoms with Gasteiger partial charge in [-0.05, 0) is 37.0 Å². The molecule has 1 N–H and O–H groups in total. The highest BCUT2D eigenvalue weighted by Gasteiger charge is 2.53. The first-order valence-corrected chi connectivity index (χ1v) is 5.78. The third kappa shape index (κ3) is 1.91. The summed E-state index contributed by atoms with van der Waals surface area (Å²) in [5.74, 6) is 2.36. The Labute approximate surface area is 89.5 Å². The molecule has 1 aromatic rings. The molecule has 1 aromatic heterocycles. The van der Waals surface area contributed by atoms with Crippen LogP contribution in [0.15, 0.2) is 4.42 Å². The van der Waals surface area contributed by atoms with Gasteiger partial charge in [0, 0.05) is 13.5 Å². The van der Waals surface area contributed by atoms with Crippen LogP contribution in [0.2, 0.25) is 0 Å². The number of rotatable bonds is 5. The van der Waals surface area contributed by atoms with Crippen molar-refractivity contribution in [1.29, 1.82) is 0 Å². The number of nitrogens with one attached hydrogen (secondary N) is 1. The van der Waals surface area contributed by atoms with Crippen molar-refractivity contribution < 1.29 is 4.42 Å². The average Bonchev–Trinajstić information content (AvgIpc) is 3.08. The van der Waals surface area contributed by atoms with Gasteiger partial charge < -0.3 is 9.73 Å². The smallest absolute Gasteiger partial charge is 0.230 e. The van der Waals surface area contributed by atoms with E-state index in [0.29, 0.717) is 17.2 Å². The number of hydrogen-bond donors (Lipinski definition) is 1. The van der Waals surface area contributed by atoms with E-state index in [1.54, 1.807) is 0 Å². The Morgan fingerprint density at radius 1 is 1.40 bits per heavy atom. The van der Waals surface area contributed by atoms with Gasteiger partial charge in [0.1, 0.15) is 0 Å². The molecular formula is C11H17N3O. The van der Waals surface area contributed by atoms with Gasteiger partial charge >= 0.3 is 0 Å². The summed E-state index contributed by atoms with van der Waals surface area (Å²) in [5.41, 5.74) is 0.648. The normalized spacial score (nSPS) is 23.0. The van der Waals surface area contributed by atoms with Crippen molar-refractivity contribution in [3.63, 3.8) is 0 Å². The number of aryl methyl sites for hydroxylation is 1. The van der Waals surface area contributed by atoms with Crippen molar-refractivity contribution in [1.82, 2.24) is 15.5 Å². The summed E-state index contributed by atoms with van der Waals surface area (Å²) < 4.78 is 5.31. The standard InChI is InChI=1S/C11H17N3O/c1-8-13-14-10(15-8)6-12-7-11(4-5-11)9-2-3-9/h9,12H,2-7H2,1H3. The van der Waals surface area contributed by atoms with Gasteiger partial charge in [-0.3, -0.25) is 0 Å². The molecule has 0 atom stereocenters. The van der Waals surface area contributed by atoms with E-state index in [-0.39, 0.29) is 0 Å². The maximum Gasteiger partial charge on any atom is 0.230 e. The van der Waals surface area contributed by atoms with Crippen molar-refractivity contribution in [3.05, 3.63) is 11.8 Å². The van der Waals surface area contributed by atoms with Gasteiger partial charge in [-0.2, -0.15) is 0 Å². The Bertz CT molecular complexity index is 352. The van der Waals surface area contributed by atoms with E-state index in [2.05, 4.69) is 15.5 Å². The van der Waals surface area contributed by atoms with Gasteiger partial charge in [0.25, 0.3) is 0 Å². The van der Waals surface area contributed by atoms with E-state index in [1.165, 1.54) is 25.7 Å². The zero-order valence-corrected chi connectivity index (χ0v) is 9.12. The van der Waals surface area contributed by atoms with E-state index in [0.717, 1.165) is 19.0 Å². The fraction of sp³-hybridized carbons (Fsp3) is 0.818. The van der Waals surface area contributed by atoms with Crippen LogP contribution in [0.5, 0.6) is 0 Å². The van der Waals surface area contributed by atoms with E-state index >= 15 is 0 Å². The predicted octanol–water partition coefficient (Wildman–Crippen LogP) is 1.66. The molecule has 15 heavy (non-hydrogen) atoms. The van der Waals surface area contributed by atoms with Crippen LogP contribution >= 0.6 is 0 Å². The molecule has 4 nitrogen and oxygen atoms in total. The minimum absolute atomic E-state index is 0.648. The zero-order chi connectivity index (χ0) is 10.3. The summed E-state index contributed by atoms with van der Waals surface area (Å²) in [6.07, 6.45) is 5.71. The van der Waals surface area contributed by atoms with Crippen LogP contribution in [0.4, 0.5) is 0 Å². The second-order valence-corrected chi connectivity index (χ2v) is 4.96. The van der Waals surface area contributed by atoms with Crippen LogP contribution in [-0.4, -0.2) is 16.7 Å². The van der Waals surface area contributed by atoms with Crippen molar-refractivity contribution >= 4 is 0 Å². The van der Waals surface area contributed by atoms with Crippen LogP contribution in [-0.2, 0) is 6.54 Å². The van der Waals surface area contributed by atoms with Gasteiger partial charge in [0.2, 0.25) is 11.8 Å². The lowest BCUT2D eigenvalue weighted by Crippen LogP contribution is -2.25. The third-order valence-corrected chi connectivity index (χ3v) is 3.66. The molecular weight excluding hydrogens is 190 g/mol. The van der Waals surface area contributed by atoms with Gasteiger partial charge in [0.05, 0.1) is 6.54 Å². The molecule has 3 rings (SSSR count). The van der Waals surface area contributed by atoms with E-state index in [1.807, 2.05) is 6.92 Å². The highest BCUT2D eigenvalue weighted by Crippen LogP contribution is 2.60. The molecule has 2 fully saturated rings. The zero-order valence-electron chi connectivity index (χ0n) is 9.12. The summed E-state index contributed by atoms with van der Waals surface area (Å²) in [5, 5.41) is 11.2. The summed E-state index contributed by atoms with van der Waals surface area (Å²) in [4.78, 5) is 0. The molecule has 4 heteroatoms. The van der Waals surface area contributed by atoms with Crippen molar-refractivity contribution in [2.45, 2.75) is 39.2 Å². The third-order valence-electron chi connectivity index (χ3n) is 3.66. The first-order chi connectivity index (χ1) is 7.28. The highest BCUT2D eigenvalue weighted by molar-refractivity contribution is 5.05. The van der Waals surface area contributed by atoms with Gasteiger partial charge in [-0.15, -0.1) is 10.2 Å². The van der Waals surface area contributed by atoms with Crippen molar-refractivity contribution in [2.75, 3.05) is 6.54 Å². The summed E-state index contributed by atoms with van der Waals surface area (Å²) in [6.45, 7) is 3.66. The molecule has 0 aliphatic heterocycles. The molecule has 0 bridgehead atoms. The highest BCUT2D eigenvalue weighted by atomic mass is 16.4. The monoisotopic (exact) mass is 207 g/mol. The van der Waals surface area contributed by atoms with Gasteiger partial charge in [-0.1, -0.05) is 0 Å². The number of hydrogen-bond acceptors (Lipinski definition) is 4. The molecule has 0 saturated heterocycles. The Kier molecular flexibility index (Phi) is 2.06. The molecule has 0 radical (unpaired) electrons. The summed E-state index contributed by atoms with van der Waals surface area (Å²) in [7, 11) is 0. The van der Waals surface area contributed by atoms with Crippen LogP contribution in [0.3, 0.4) is 0 Å².